The summed E-state index contributed by atoms with van der Waals surface area (Å²) in [4.78, 5) is 7.37. The van der Waals surface area contributed by atoms with E-state index >= 15 is 0 Å². The lowest BCUT2D eigenvalue weighted by molar-refractivity contribution is -0.0921. The highest BCUT2D eigenvalue weighted by Gasteiger charge is 2.51. The average Bonchev–Trinajstić information content (AvgIpc) is 2.61. The Bertz CT molecular complexity index is 676. The molecule has 0 atom stereocenters. The number of hydrogen-bond donors (Lipinski definition) is 2. The quantitative estimate of drug-likeness (QED) is 0.851. The molecule has 0 radical (unpaired) electrons. The van der Waals surface area contributed by atoms with E-state index in [0.29, 0.717) is 17.5 Å². The minimum Gasteiger partial charge on any atom is -0.381 e. The molecule has 1 aromatic rings. The normalized spacial score (nSPS) is 35.0. The van der Waals surface area contributed by atoms with Crippen LogP contribution in [-0.2, 0) is 4.74 Å². The third kappa shape index (κ3) is 3.33. The Kier molecular flexibility index (Phi) is 4.36. The van der Waals surface area contributed by atoms with Gasteiger partial charge in [0.1, 0.15) is 5.82 Å². The summed E-state index contributed by atoms with van der Waals surface area (Å²) in [5.74, 6) is 1.12. The third-order valence-corrected chi connectivity index (χ3v) is 7.61. The minimum absolute atomic E-state index is 0.162. The van der Waals surface area contributed by atoms with E-state index in [0.717, 1.165) is 44.0 Å². The van der Waals surface area contributed by atoms with Crippen molar-refractivity contribution in [1.82, 2.24) is 4.98 Å². The van der Waals surface area contributed by atoms with E-state index in [1.807, 2.05) is 0 Å². The van der Waals surface area contributed by atoms with Gasteiger partial charge in [0, 0.05) is 31.8 Å². The van der Waals surface area contributed by atoms with E-state index in [-0.39, 0.29) is 5.60 Å². The second-order valence-corrected chi connectivity index (χ2v) is 9.70. The largest absolute Gasteiger partial charge is 0.381 e. The van der Waals surface area contributed by atoms with Gasteiger partial charge in [0.05, 0.1) is 17.0 Å². The number of hydrogen-bond acceptors (Lipinski definition) is 5. The summed E-state index contributed by atoms with van der Waals surface area (Å²) < 4.78 is 6.17. The van der Waals surface area contributed by atoms with E-state index in [4.69, 9.17) is 15.5 Å². The second kappa shape index (κ2) is 6.63. The summed E-state index contributed by atoms with van der Waals surface area (Å²) in [6.07, 6.45) is 11.1. The molecule has 27 heavy (non-hydrogen) atoms. The lowest BCUT2D eigenvalue weighted by Gasteiger charge is -2.57. The number of anilines is 2. The molecule has 2 saturated carbocycles. The lowest BCUT2D eigenvalue weighted by atomic mass is 9.52. The summed E-state index contributed by atoms with van der Waals surface area (Å²) in [5, 5.41) is 3.72. The first-order chi connectivity index (χ1) is 13.0. The van der Waals surface area contributed by atoms with Gasteiger partial charge in [0.15, 0.2) is 0 Å². The molecule has 2 spiro atoms. The monoisotopic (exact) mass is 370 g/mol. The van der Waals surface area contributed by atoms with Gasteiger partial charge in [-0.25, -0.2) is 4.98 Å². The molecule has 2 aliphatic carbocycles. The lowest BCUT2D eigenvalue weighted by Crippen LogP contribution is -2.57. The molecule has 4 fully saturated rings. The number of pyridine rings is 1. The number of rotatable bonds is 3. The molecule has 3 heterocycles. The van der Waals surface area contributed by atoms with Crippen molar-refractivity contribution in [2.24, 2.45) is 11.1 Å². The van der Waals surface area contributed by atoms with Gasteiger partial charge in [-0.2, -0.15) is 0 Å². The molecule has 0 aromatic carbocycles. The van der Waals surface area contributed by atoms with E-state index in [1.165, 1.54) is 50.6 Å². The highest BCUT2D eigenvalue weighted by Crippen LogP contribution is 2.56. The van der Waals surface area contributed by atoms with Crippen molar-refractivity contribution in [3.63, 3.8) is 0 Å². The standard InChI is InChI=1S/C22H34N4O/c1-16-19(25-18-14-21(15-18)12-17(23)13-21)4-5-20(24-16)26-9-7-22(8-10-26)6-2-3-11-27-22/h4-5,17-18,25H,2-3,6-15,23H2,1H3. The molecule has 0 amide bonds. The Labute approximate surface area is 163 Å². The van der Waals surface area contributed by atoms with Crippen molar-refractivity contribution in [3.8, 4) is 0 Å². The zero-order chi connectivity index (χ0) is 18.5. The number of nitrogens with zero attached hydrogens (tertiary/aromatic N) is 2. The number of aryl methyl sites for hydroxylation is 1. The van der Waals surface area contributed by atoms with E-state index in [2.05, 4.69) is 29.3 Å². The van der Waals surface area contributed by atoms with Crippen LogP contribution in [0.15, 0.2) is 12.1 Å². The highest BCUT2D eigenvalue weighted by molar-refractivity contribution is 5.54. The fourth-order valence-corrected chi connectivity index (χ4v) is 6.02. The van der Waals surface area contributed by atoms with Crippen LogP contribution in [0.1, 0.15) is 63.5 Å². The third-order valence-electron chi connectivity index (χ3n) is 7.61. The number of piperidine rings is 1. The maximum absolute atomic E-state index is 6.17. The molecule has 5 nitrogen and oxygen atoms in total. The Balaban J connectivity index is 1.17. The second-order valence-electron chi connectivity index (χ2n) is 9.70. The zero-order valence-electron chi connectivity index (χ0n) is 16.7. The number of nitrogens with one attached hydrogen (secondary N) is 1. The maximum atomic E-state index is 6.17. The van der Waals surface area contributed by atoms with Crippen molar-refractivity contribution < 1.29 is 4.74 Å². The first-order valence-corrected chi connectivity index (χ1v) is 10.9. The van der Waals surface area contributed by atoms with Crippen LogP contribution < -0.4 is 16.0 Å². The van der Waals surface area contributed by atoms with Crippen LogP contribution in [0.3, 0.4) is 0 Å². The molecule has 2 saturated heterocycles. The summed E-state index contributed by atoms with van der Waals surface area (Å²) in [7, 11) is 0. The Morgan fingerprint density at radius 3 is 2.52 bits per heavy atom. The van der Waals surface area contributed by atoms with Gasteiger partial charge in [-0.3, -0.25) is 0 Å². The Morgan fingerprint density at radius 1 is 1.11 bits per heavy atom. The molecule has 2 aliphatic heterocycles. The molecule has 5 rings (SSSR count). The van der Waals surface area contributed by atoms with Crippen LogP contribution >= 0.6 is 0 Å². The average molecular weight is 371 g/mol. The van der Waals surface area contributed by atoms with Crippen LogP contribution in [0.25, 0.3) is 0 Å². The fourth-order valence-electron chi connectivity index (χ4n) is 6.02. The summed E-state index contributed by atoms with van der Waals surface area (Å²) in [6, 6.07) is 5.48. The van der Waals surface area contributed by atoms with Crippen molar-refractivity contribution >= 4 is 11.5 Å². The predicted molar refractivity (Wildman–Crippen MR) is 109 cm³/mol. The molecule has 0 unspecified atom stereocenters. The van der Waals surface area contributed by atoms with Crippen LogP contribution in [-0.4, -0.2) is 42.4 Å². The predicted octanol–water partition coefficient (Wildman–Crippen LogP) is 3.61. The van der Waals surface area contributed by atoms with Gasteiger partial charge in [-0.15, -0.1) is 0 Å². The van der Waals surface area contributed by atoms with Crippen molar-refractivity contribution in [3.05, 3.63) is 17.8 Å². The van der Waals surface area contributed by atoms with Crippen LogP contribution in [0.4, 0.5) is 11.5 Å². The van der Waals surface area contributed by atoms with E-state index in [9.17, 15) is 0 Å². The van der Waals surface area contributed by atoms with Gasteiger partial charge < -0.3 is 20.7 Å². The first-order valence-electron chi connectivity index (χ1n) is 10.9. The van der Waals surface area contributed by atoms with Crippen LogP contribution in [0, 0.1) is 12.3 Å². The first kappa shape index (κ1) is 17.7. The molecule has 3 N–H and O–H groups in total. The zero-order valence-corrected chi connectivity index (χ0v) is 16.7. The molecular weight excluding hydrogens is 336 g/mol. The number of nitrogens with two attached hydrogens (primary N) is 1. The van der Waals surface area contributed by atoms with Crippen molar-refractivity contribution in [2.45, 2.75) is 82.4 Å². The topological polar surface area (TPSA) is 63.4 Å². The van der Waals surface area contributed by atoms with Crippen molar-refractivity contribution in [1.29, 1.82) is 0 Å². The fraction of sp³-hybridized carbons (Fsp3) is 0.773. The summed E-state index contributed by atoms with van der Waals surface area (Å²) in [6.45, 7) is 5.20. The molecule has 5 heteroatoms. The van der Waals surface area contributed by atoms with Gasteiger partial charge in [-0.05, 0) is 82.3 Å². The summed E-state index contributed by atoms with van der Waals surface area (Å²) >= 11 is 0. The minimum atomic E-state index is 0.162. The smallest absolute Gasteiger partial charge is 0.128 e. The molecule has 4 aliphatic rings. The molecule has 1 aromatic heterocycles. The Hall–Kier alpha value is -1.33. The highest BCUT2D eigenvalue weighted by atomic mass is 16.5. The van der Waals surface area contributed by atoms with E-state index < -0.39 is 0 Å². The van der Waals surface area contributed by atoms with Gasteiger partial charge in [0.2, 0.25) is 0 Å². The summed E-state index contributed by atoms with van der Waals surface area (Å²) in [5.41, 5.74) is 9.03. The van der Waals surface area contributed by atoms with E-state index in [1.54, 1.807) is 0 Å². The van der Waals surface area contributed by atoms with Gasteiger partial charge in [-0.1, -0.05) is 0 Å². The SMILES string of the molecule is Cc1nc(N2CCC3(CCCCO3)CC2)ccc1NC1CC2(CC(N)C2)C1. The number of aromatic nitrogens is 1. The molecule has 0 bridgehead atoms. The van der Waals surface area contributed by atoms with Gasteiger partial charge >= 0.3 is 0 Å². The van der Waals surface area contributed by atoms with Crippen molar-refractivity contribution in [2.75, 3.05) is 29.9 Å². The molecule has 148 valence electrons. The Morgan fingerprint density at radius 2 is 1.89 bits per heavy atom. The maximum Gasteiger partial charge on any atom is 0.128 e. The van der Waals surface area contributed by atoms with Crippen LogP contribution in [0.2, 0.25) is 0 Å². The molecular formula is C22H34N4O. The number of ether oxygens (including phenoxy) is 1. The van der Waals surface area contributed by atoms with Crippen LogP contribution in [0.5, 0.6) is 0 Å². The van der Waals surface area contributed by atoms with Gasteiger partial charge in [0.25, 0.3) is 0 Å².